The normalized spacial score (nSPS) is 10.3. The molecule has 4 heteroatoms. The Bertz CT molecular complexity index is 355. The van der Waals surface area contributed by atoms with Gasteiger partial charge in [0.05, 0.1) is 12.2 Å². The summed E-state index contributed by atoms with van der Waals surface area (Å²) in [5, 5.41) is 3.25. The van der Waals surface area contributed by atoms with E-state index in [1.807, 2.05) is 24.4 Å². The maximum Gasteiger partial charge on any atom is 0.120 e. The number of hydrogen-bond acceptors (Lipinski definition) is 3. The summed E-state index contributed by atoms with van der Waals surface area (Å²) in [6, 6.07) is 5.89. The molecule has 0 aliphatic rings. The monoisotopic (exact) mass is 188 g/mol. The van der Waals surface area contributed by atoms with Gasteiger partial charge in [-0.25, -0.2) is 4.98 Å². The quantitative estimate of drug-likeness (QED) is 0.755. The highest BCUT2D eigenvalue weighted by atomic mass is 15.0. The average Bonchev–Trinajstić information content (AvgIpc) is 2.72. The lowest BCUT2D eigenvalue weighted by Crippen LogP contribution is -2.14. The van der Waals surface area contributed by atoms with E-state index in [4.69, 9.17) is 0 Å². The van der Waals surface area contributed by atoms with E-state index in [2.05, 4.69) is 20.3 Å². The molecule has 0 fully saturated rings. The van der Waals surface area contributed by atoms with Crippen molar-refractivity contribution in [3.8, 4) is 0 Å². The predicted octanol–water partition coefficient (Wildman–Crippen LogP) is 1.09. The molecule has 0 radical (unpaired) electrons. The van der Waals surface area contributed by atoms with Gasteiger partial charge in [-0.3, -0.25) is 4.98 Å². The number of pyridine rings is 1. The van der Waals surface area contributed by atoms with Crippen LogP contribution in [0.2, 0.25) is 0 Å². The molecule has 0 unspecified atom stereocenters. The van der Waals surface area contributed by atoms with E-state index >= 15 is 0 Å². The Kier molecular flexibility index (Phi) is 2.88. The van der Waals surface area contributed by atoms with Crippen molar-refractivity contribution >= 4 is 0 Å². The van der Waals surface area contributed by atoms with Gasteiger partial charge in [-0.05, 0) is 12.1 Å². The number of nitrogens with zero attached hydrogens (tertiary/aromatic N) is 2. The lowest BCUT2D eigenvalue weighted by atomic mass is 10.3. The molecule has 2 heterocycles. The van der Waals surface area contributed by atoms with Gasteiger partial charge >= 0.3 is 0 Å². The van der Waals surface area contributed by atoms with Gasteiger partial charge in [0.15, 0.2) is 0 Å². The Labute approximate surface area is 82.4 Å². The molecule has 4 nitrogen and oxygen atoms in total. The second kappa shape index (κ2) is 4.53. The van der Waals surface area contributed by atoms with Crippen LogP contribution in [0.25, 0.3) is 0 Å². The second-order valence-corrected chi connectivity index (χ2v) is 2.96. The first-order valence-electron chi connectivity index (χ1n) is 4.54. The van der Waals surface area contributed by atoms with Crippen molar-refractivity contribution in [1.29, 1.82) is 0 Å². The lowest BCUT2D eigenvalue weighted by molar-refractivity contribution is 0.657. The summed E-state index contributed by atoms with van der Waals surface area (Å²) in [7, 11) is 0. The summed E-state index contributed by atoms with van der Waals surface area (Å²) in [5.74, 6) is 0.945. The highest BCUT2D eigenvalue weighted by Crippen LogP contribution is 1.93. The van der Waals surface area contributed by atoms with Crippen molar-refractivity contribution in [2.24, 2.45) is 0 Å². The van der Waals surface area contributed by atoms with Gasteiger partial charge in [0.1, 0.15) is 5.82 Å². The minimum Gasteiger partial charge on any atom is -0.348 e. The topological polar surface area (TPSA) is 53.6 Å². The summed E-state index contributed by atoms with van der Waals surface area (Å²) in [6.07, 6.45) is 5.36. The van der Waals surface area contributed by atoms with Crippen LogP contribution in [0, 0.1) is 0 Å². The Hall–Kier alpha value is -1.68. The van der Waals surface area contributed by atoms with Gasteiger partial charge in [-0.1, -0.05) is 6.07 Å². The molecule has 0 saturated carbocycles. The number of aromatic amines is 1. The number of H-pyrrole nitrogens is 1. The molecule has 2 aromatic heterocycles. The summed E-state index contributed by atoms with van der Waals surface area (Å²) in [5.41, 5.74) is 1.04. The minimum absolute atomic E-state index is 0.740. The maximum absolute atomic E-state index is 4.20. The van der Waals surface area contributed by atoms with E-state index in [0.717, 1.165) is 24.6 Å². The standard InChI is InChI=1S/C10H12N4/c1-2-4-12-9(3-1)7-11-8-10-13-5-6-14-10/h1-6,11H,7-8H2,(H,13,14). The summed E-state index contributed by atoms with van der Waals surface area (Å²) in [4.78, 5) is 11.3. The Morgan fingerprint density at radius 2 is 2.14 bits per heavy atom. The molecule has 0 atom stereocenters. The third kappa shape index (κ3) is 2.40. The molecule has 0 saturated heterocycles. The minimum atomic E-state index is 0.740. The molecule has 0 aromatic carbocycles. The zero-order valence-electron chi connectivity index (χ0n) is 7.77. The van der Waals surface area contributed by atoms with Gasteiger partial charge < -0.3 is 10.3 Å². The molecular weight excluding hydrogens is 176 g/mol. The van der Waals surface area contributed by atoms with E-state index in [0.29, 0.717) is 0 Å². The molecule has 2 rings (SSSR count). The fraction of sp³-hybridized carbons (Fsp3) is 0.200. The van der Waals surface area contributed by atoms with E-state index in [-0.39, 0.29) is 0 Å². The fourth-order valence-corrected chi connectivity index (χ4v) is 1.21. The van der Waals surface area contributed by atoms with Crippen molar-refractivity contribution in [3.63, 3.8) is 0 Å². The van der Waals surface area contributed by atoms with Crippen LogP contribution in [0.1, 0.15) is 11.5 Å². The van der Waals surface area contributed by atoms with E-state index in [9.17, 15) is 0 Å². The first kappa shape index (κ1) is 8.90. The van der Waals surface area contributed by atoms with Crippen LogP contribution in [0.15, 0.2) is 36.8 Å². The number of hydrogen-bond donors (Lipinski definition) is 2. The second-order valence-electron chi connectivity index (χ2n) is 2.96. The molecule has 0 spiro atoms. The van der Waals surface area contributed by atoms with E-state index in [1.54, 1.807) is 12.4 Å². The third-order valence-corrected chi connectivity index (χ3v) is 1.88. The summed E-state index contributed by atoms with van der Waals surface area (Å²) in [6.45, 7) is 1.51. The third-order valence-electron chi connectivity index (χ3n) is 1.88. The number of rotatable bonds is 4. The molecule has 0 aliphatic heterocycles. The number of nitrogens with one attached hydrogen (secondary N) is 2. The van der Waals surface area contributed by atoms with Gasteiger partial charge in [-0.15, -0.1) is 0 Å². The highest BCUT2D eigenvalue weighted by molar-refractivity contribution is 5.03. The predicted molar refractivity (Wildman–Crippen MR) is 53.4 cm³/mol. The maximum atomic E-state index is 4.20. The fourth-order valence-electron chi connectivity index (χ4n) is 1.21. The largest absolute Gasteiger partial charge is 0.348 e. The molecule has 14 heavy (non-hydrogen) atoms. The molecule has 0 aliphatic carbocycles. The Balaban J connectivity index is 1.79. The Morgan fingerprint density at radius 3 is 2.86 bits per heavy atom. The van der Waals surface area contributed by atoms with Crippen LogP contribution in [-0.2, 0) is 13.1 Å². The van der Waals surface area contributed by atoms with E-state index < -0.39 is 0 Å². The average molecular weight is 188 g/mol. The van der Waals surface area contributed by atoms with Crippen molar-refractivity contribution < 1.29 is 0 Å². The summed E-state index contributed by atoms with van der Waals surface area (Å²) < 4.78 is 0. The van der Waals surface area contributed by atoms with Gasteiger partial charge in [0.25, 0.3) is 0 Å². The molecule has 72 valence electrons. The highest BCUT2D eigenvalue weighted by Gasteiger charge is 1.94. The molecular formula is C10H12N4. The summed E-state index contributed by atoms with van der Waals surface area (Å²) >= 11 is 0. The lowest BCUT2D eigenvalue weighted by Gasteiger charge is -2.01. The van der Waals surface area contributed by atoms with Crippen LogP contribution < -0.4 is 5.32 Å². The van der Waals surface area contributed by atoms with Crippen LogP contribution in [0.5, 0.6) is 0 Å². The number of aromatic nitrogens is 3. The number of imidazole rings is 1. The molecule has 2 aromatic rings. The van der Waals surface area contributed by atoms with Gasteiger partial charge in [0.2, 0.25) is 0 Å². The van der Waals surface area contributed by atoms with Crippen LogP contribution in [-0.4, -0.2) is 15.0 Å². The Morgan fingerprint density at radius 1 is 1.14 bits per heavy atom. The first-order valence-corrected chi connectivity index (χ1v) is 4.54. The van der Waals surface area contributed by atoms with Crippen LogP contribution in [0.4, 0.5) is 0 Å². The van der Waals surface area contributed by atoms with Crippen LogP contribution >= 0.6 is 0 Å². The smallest absolute Gasteiger partial charge is 0.120 e. The SMILES string of the molecule is c1ccc(CNCc2ncc[nH]2)nc1. The molecule has 0 amide bonds. The van der Waals surface area contributed by atoms with Crippen molar-refractivity contribution in [3.05, 3.63) is 48.3 Å². The van der Waals surface area contributed by atoms with Gasteiger partial charge in [0, 0.05) is 25.1 Å². The van der Waals surface area contributed by atoms with E-state index in [1.165, 1.54) is 0 Å². The van der Waals surface area contributed by atoms with Crippen molar-refractivity contribution in [1.82, 2.24) is 20.3 Å². The van der Waals surface area contributed by atoms with Gasteiger partial charge in [-0.2, -0.15) is 0 Å². The van der Waals surface area contributed by atoms with Crippen LogP contribution in [0.3, 0.4) is 0 Å². The zero-order valence-corrected chi connectivity index (χ0v) is 7.77. The molecule has 2 N–H and O–H groups in total. The zero-order chi connectivity index (χ0) is 9.64. The first-order chi connectivity index (χ1) is 6.95. The van der Waals surface area contributed by atoms with Crippen molar-refractivity contribution in [2.45, 2.75) is 13.1 Å². The molecule has 0 bridgehead atoms. The van der Waals surface area contributed by atoms with Crippen molar-refractivity contribution in [2.75, 3.05) is 0 Å².